The molecule has 5 heteroatoms. The summed E-state index contributed by atoms with van der Waals surface area (Å²) in [5.74, 6) is -1.48. The molecule has 0 saturated carbocycles. The van der Waals surface area contributed by atoms with E-state index in [2.05, 4.69) is 13.2 Å². The minimum atomic E-state index is -0.833. The van der Waals surface area contributed by atoms with Crippen LogP contribution in [-0.4, -0.2) is 27.3 Å². The largest absolute Gasteiger partial charge is 0.513 e. The first-order valence-electron chi connectivity index (χ1n) is 3.99. The van der Waals surface area contributed by atoms with Gasteiger partial charge in [-0.25, -0.2) is 0 Å². The third kappa shape index (κ3) is 259. The number of aliphatic hydroxyl groups is 1. The second-order valence-electron chi connectivity index (χ2n) is 2.78. The average molecular weight is 218 g/mol. The molecular formula is C10H18O5. The maximum atomic E-state index is 9.75. The van der Waals surface area contributed by atoms with Crippen molar-refractivity contribution < 1.29 is 24.9 Å². The fourth-order valence-corrected chi connectivity index (χ4v) is 0.258. The molecule has 0 atom stereocenters. The van der Waals surface area contributed by atoms with Gasteiger partial charge in [0, 0.05) is 6.92 Å². The van der Waals surface area contributed by atoms with Gasteiger partial charge >= 0.3 is 5.97 Å². The fourth-order valence-electron chi connectivity index (χ4n) is 0.258. The quantitative estimate of drug-likeness (QED) is 0.488. The van der Waals surface area contributed by atoms with E-state index in [0.717, 1.165) is 6.92 Å². The summed E-state index contributed by atoms with van der Waals surface area (Å²) < 4.78 is 0. The van der Waals surface area contributed by atoms with Crippen molar-refractivity contribution in [2.24, 2.45) is 0 Å². The van der Waals surface area contributed by atoms with Gasteiger partial charge in [0.2, 0.25) is 0 Å². The Kier molecular flexibility index (Phi) is 15.4. The highest BCUT2D eigenvalue weighted by molar-refractivity contribution is 5.69. The molecule has 0 aromatic rings. The summed E-state index contributed by atoms with van der Waals surface area (Å²) in [6.07, 6.45) is 0.0833. The van der Waals surface area contributed by atoms with E-state index < -0.39 is 11.9 Å². The van der Waals surface area contributed by atoms with Crippen LogP contribution in [0.2, 0.25) is 0 Å². The van der Waals surface area contributed by atoms with Crippen molar-refractivity contribution in [1.29, 1.82) is 0 Å². The van der Waals surface area contributed by atoms with Gasteiger partial charge in [0.1, 0.15) is 0 Å². The Morgan fingerprint density at radius 2 is 1.20 bits per heavy atom. The van der Waals surface area contributed by atoms with E-state index in [1.54, 1.807) is 6.92 Å². The Morgan fingerprint density at radius 3 is 1.20 bits per heavy atom. The van der Waals surface area contributed by atoms with Crippen molar-refractivity contribution >= 4 is 11.9 Å². The van der Waals surface area contributed by atoms with E-state index in [1.807, 2.05) is 0 Å². The third-order valence-electron chi connectivity index (χ3n) is 0.453. The molecule has 0 saturated heterocycles. The van der Waals surface area contributed by atoms with E-state index in [0.29, 0.717) is 5.57 Å². The van der Waals surface area contributed by atoms with E-state index in [9.17, 15) is 4.79 Å². The SMILES string of the molecule is C=C(C)CC(=O)O.C=C(C)O.CC(=O)O. The highest BCUT2D eigenvalue weighted by atomic mass is 16.4. The van der Waals surface area contributed by atoms with Crippen LogP contribution in [0.25, 0.3) is 0 Å². The van der Waals surface area contributed by atoms with E-state index in [4.69, 9.17) is 20.1 Å². The van der Waals surface area contributed by atoms with Crippen molar-refractivity contribution in [1.82, 2.24) is 0 Å². The number of carboxylic acid groups (broad SMARTS) is 2. The van der Waals surface area contributed by atoms with E-state index in [-0.39, 0.29) is 12.2 Å². The molecule has 0 unspecified atom stereocenters. The number of rotatable bonds is 2. The van der Waals surface area contributed by atoms with Crippen molar-refractivity contribution in [3.05, 3.63) is 24.5 Å². The van der Waals surface area contributed by atoms with Crippen LogP contribution >= 0.6 is 0 Å². The van der Waals surface area contributed by atoms with Gasteiger partial charge in [0.05, 0.1) is 12.2 Å². The molecule has 0 aliphatic heterocycles. The number of hydrogen-bond donors (Lipinski definition) is 3. The monoisotopic (exact) mass is 218 g/mol. The summed E-state index contributed by atoms with van der Waals surface area (Å²) in [5.41, 5.74) is 0.688. The zero-order chi connectivity index (χ0) is 13.0. The van der Waals surface area contributed by atoms with Crippen molar-refractivity contribution in [3.63, 3.8) is 0 Å². The summed E-state index contributed by atoms with van der Waals surface area (Å²) in [6.45, 7) is 10.8. The number of aliphatic hydroxyl groups excluding tert-OH is 1. The van der Waals surface area contributed by atoms with Gasteiger partial charge in [-0.3, -0.25) is 9.59 Å². The lowest BCUT2D eigenvalue weighted by Crippen LogP contribution is -1.92. The molecule has 0 radical (unpaired) electrons. The summed E-state index contributed by atoms with van der Waals surface area (Å²) in [7, 11) is 0. The van der Waals surface area contributed by atoms with Gasteiger partial charge in [-0.05, 0) is 13.8 Å². The predicted molar refractivity (Wildman–Crippen MR) is 57.8 cm³/mol. The number of aliphatic carboxylic acids is 2. The highest BCUT2D eigenvalue weighted by Crippen LogP contribution is 1.92. The second kappa shape index (κ2) is 12.2. The summed E-state index contributed by atoms with van der Waals surface area (Å²) in [5, 5.41) is 23.3. The topological polar surface area (TPSA) is 94.8 Å². The molecule has 0 spiro atoms. The molecule has 88 valence electrons. The Morgan fingerprint density at radius 1 is 1.00 bits per heavy atom. The standard InChI is InChI=1S/C5H8O2.C3H6O.C2H4O2/c1-4(2)3-5(6)7;1-3(2)4;1-2(3)4/h1,3H2,2H3,(H,6,7);4H,1H2,2H3;1H3,(H,3,4). The van der Waals surface area contributed by atoms with Crippen LogP contribution in [-0.2, 0) is 9.59 Å². The molecule has 0 aliphatic rings. The number of carbonyl (C=O) groups is 2. The predicted octanol–water partition coefficient (Wildman–Crippen LogP) is 2.21. The molecule has 0 amide bonds. The molecule has 0 heterocycles. The van der Waals surface area contributed by atoms with E-state index >= 15 is 0 Å². The maximum Gasteiger partial charge on any atom is 0.307 e. The number of hydrogen-bond acceptors (Lipinski definition) is 3. The Bertz CT molecular complexity index is 198. The van der Waals surface area contributed by atoms with Gasteiger partial charge in [-0.15, -0.1) is 0 Å². The van der Waals surface area contributed by atoms with Crippen LogP contribution in [0.5, 0.6) is 0 Å². The van der Waals surface area contributed by atoms with Gasteiger partial charge < -0.3 is 15.3 Å². The smallest absolute Gasteiger partial charge is 0.307 e. The van der Waals surface area contributed by atoms with Crippen molar-refractivity contribution in [3.8, 4) is 0 Å². The zero-order valence-corrected chi connectivity index (χ0v) is 9.28. The molecule has 0 bridgehead atoms. The minimum Gasteiger partial charge on any atom is -0.513 e. The van der Waals surface area contributed by atoms with Gasteiger partial charge in [0.15, 0.2) is 0 Å². The molecule has 0 fully saturated rings. The first kappa shape index (κ1) is 18.9. The number of carboxylic acids is 2. The highest BCUT2D eigenvalue weighted by Gasteiger charge is 1.92. The van der Waals surface area contributed by atoms with Gasteiger partial charge in [0.25, 0.3) is 5.97 Å². The maximum absolute atomic E-state index is 9.75. The van der Waals surface area contributed by atoms with Gasteiger partial charge in [-0.2, -0.15) is 0 Å². The Hall–Kier alpha value is -1.78. The summed E-state index contributed by atoms with van der Waals surface area (Å²) in [4.78, 5) is 18.7. The van der Waals surface area contributed by atoms with Crippen LogP contribution in [0.15, 0.2) is 24.5 Å². The van der Waals surface area contributed by atoms with Crippen LogP contribution in [0.3, 0.4) is 0 Å². The first-order valence-corrected chi connectivity index (χ1v) is 3.99. The minimum absolute atomic E-state index is 0.0833. The van der Waals surface area contributed by atoms with Crippen molar-refractivity contribution in [2.45, 2.75) is 27.2 Å². The van der Waals surface area contributed by atoms with Crippen LogP contribution in [0.1, 0.15) is 27.2 Å². The van der Waals surface area contributed by atoms with Crippen molar-refractivity contribution in [2.75, 3.05) is 0 Å². The third-order valence-corrected chi connectivity index (χ3v) is 0.453. The molecule has 0 aliphatic carbocycles. The van der Waals surface area contributed by atoms with Crippen LogP contribution in [0.4, 0.5) is 0 Å². The van der Waals surface area contributed by atoms with E-state index in [1.165, 1.54) is 6.92 Å². The van der Waals surface area contributed by atoms with Crippen LogP contribution < -0.4 is 0 Å². The summed E-state index contributed by atoms with van der Waals surface area (Å²) >= 11 is 0. The zero-order valence-electron chi connectivity index (χ0n) is 9.28. The number of allylic oxidation sites excluding steroid dienone is 1. The second-order valence-corrected chi connectivity index (χ2v) is 2.78. The van der Waals surface area contributed by atoms with Gasteiger partial charge in [-0.1, -0.05) is 18.7 Å². The van der Waals surface area contributed by atoms with Crippen LogP contribution in [0, 0.1) is 0 Å². The fraction of sp³-hybridized carbons (Fsp3) is 0.400. The molecule has 0 rings (SSSR count). The molecule has 0 aromatic heterocycles. The lowest BCUT2D eigenvalue weighted by molar-refractivity contribution is -0.136. The lowest BCUT2D eigenvalue weighted by atomic mass is 10.2. The lowest BCUT2D eigenvalue weighted by Gasteiger charge is -1.86. The molecule has 0 aromatic carbocycles. The molecule has 15 heavy (non-hydrogen) atoms. The molecule has 5 nitrogen and oxygen atoms in total. The first-order chi connectivity index (χ1) is 6.59. The average Bonchev–Trinajstić information content (AvgIpc) is 1.78. The molecule has 3 N–H and O–H groups in total. The molecular weight excluding hydrogens is 200 g/mol. The Labute approximate surface area is 89.4 Å². The summed E-state index contributed by atoms with van der Waals surface area (Å²) in [6, 6.07) is 0. The normalized spacial score (nSPS) is 7.13. The Balaban J connectivity index is -0.000000155.